The second-order valence-electron chi connectivity index (χ2n) is 6.06. The number of amides is 2. The van der Waals surface area contributed by atoms with Crippen LogP contribution in [0.15, 0.2) is 24.3 Å². The maximum Gasteiger partial charge on any atom is 0.414 e. The van der Waals surface area contributed by atoms with Gasteiger partial charge in [0.05, 0.1) is 30.3 Å². The van der Waals surface area contributed by atoms with Crippen molar-refractivity contribution in [3.8, 4) is 0 Å². The molecule has 3 N–H and O–H groups in total. The molecule has 2 heterocycles. The number of anilines is 1. The highest BCUT2D eigenvalue weighted by Gasteiger charge is 2.33. The summed E-state index contributed by atoms with van der Waals surface area (Å²) in [5, 5.41) is 2.58. The van der Waals surface area contributed by atoms with Crippen molar-refractivity contribution in [2.75, 3.05) is 29.5 Å². The molecule has 2 aliphatic rings. The number of nitrogens with zero attached hydrogens (tertiary/aromatic N) is 1. The van der Waals surface area contributed by atoms with Crippen molar-refractivity contribution in [3.63, 3.8) is 0 Å². The molecule has 1 fully saturated rings. The highest BCUT2D eigenvalue weighted by molar-refractivity contribution is 8.25. The molecular weight excluding hydrogens is 351 g/mol. The Kier molecular flexibility index (Phi) is 4.72. The van der Waals surface area contributed by atoms with Crippen molar-refractivity contribution in [1.29, 1.82) is 0 Å². The molecule has 1 saturated heterocycles. The van der Waals surface area contributed by atoms with Crippen molar-refractivity contribution in [3.05, 3.63) is 35.7 Å². The minimum atomic E-state index is -2.69. The zero-order valence-corrected chi connectivity index (χ0v) is 14.4. The highest BCUT2D eigenvalue weighted by atomic mass is 32.3. The first kappa shape index (κ1) is 17.7. The fraction of sp³-hybridized carbons (Fsp3) is 0.375. The number of hydrogen-bond acceptors (Lipinski definition) is 5. The Hall–Kier alpha value is -2.10. The van der Waals surface area contributed by atoms with Gasteiger partial charge in [0.1, 0.15) is 11.9 Å². The van der Waals surface area contributed by atoms with Crippen molar-refractivity contribution in [1.82, 2.24) is 5.32 Å². The molecule has 7 nitrogen and oxygen atoms in total. The van der Waals surface area contributed by atoms with Crippen LogP contribution in [0.2, 0.25) is 0 Å². The number of benzene rings is 1. The zero-order chi connectivity index (χ0) is 18.2. The summed E-state index contributed by atoms with van der Waals surface area (Å²) in [7, 11) is -2.69. The van der Waals surface area contributed by atoms with Crippen LogP contribution in [0.4, 0.5) is 14.9 Å². The Morgan fingerprint density at radius 3 is 2.84 bits per heavy atom. The van der Waals surface area contributed by atoms with Gasteiger partial charge in [0, 0.05) is 12.5 Å². The van der Waals surface area contributed by atoms with Gasteiger partial charge in [-0.1, -0.05) is 6.08 Å². The van der Waals surface area contributed by atoms with E-state index in [1.165, 1.54) is 24.0 Å². The lowest BCUT2D eigenvalue weighted by Gasteiger charge is -2.26. The first-order chi connectivity index (χ1) is 11.7. The molecule has 0 bridgehead atoms. The fourth-order valence-corrected chi connectivity index (χ4v) is 4.17. The number of ether oxygens (including phenoxy) is 1. The first-order valence-corrected chi connectivity index (χ1v) is 9.59. The van der Waals surface area contributed by atoms with E-state index in [2.05, 4.69) is 5.32 Å². The largest absolute Gasteiger partial charge is 0.442 e. The third-order valence-corrected chi connectivity index (χ3v) is 5.52. The monoisotopic (exact) mass is 370 g/mol. The minimum Gasteiger partial charge on any atom is -0.442 e. The van der Waals surface area contributed by atoms with E-state index in [0.29, 0.717) is 16.8 Å². The van der Waals surface area contributed by atoms with Crippen LogP contribution in [0.5, 0.6) is 0 Å². The lowest BCUT2D eigenvalue weighted by molar-refractivity contribution is -0.119. The van der Waals surface area contributed by atoms with Gasteiger partial charge >= 0.3 is 6.09 Å². The van der Waals surface area contributed by atoms with Crippen LogP contribution >= 0.6 is 10.6 Å². The smallest absolute Gasteiger partial charge is 0.414 e. The molecule has 1 aromatic rings. The van der Waals surface area contributed by atoms with E-state index in [-0.39, 0.29) is 30.5 Å². The normalized spacial score (nSPS) is 23.2. The lowest BCUT2D eigenvalue weighted by Crippen LogP contribution is -2.33. The Balaban J connectivity index is 1.73. The molecule has 0 aromatic heterocycles. The molecule has 0 aliphatic carbocycles. The summed E-state index contributed by atoms with van der Waals surface area (Å²) in [4.78, 5) is 24.2. The van der Waals surface area contributed by atoms with E-state index >= 15 is 0 Å². The maximum atomic E-state index is 14.5. The second kappa shape index (κ2) is 6.66. The Bertz CT molecular complexity index is 752. The maximum absolute atomic E-state index is 14.5. The van der Waals surface area contributed by atoms with Gasteiger partial charge in [-0.15, -0.1) is 0 Å². The number of rotatable bonds is 4. The summed E-state index contributed by atoms with van der Waals surface area (Å²) in [5.41, 5.74) is 1.20. The van der Waals surface area contributed by atoms with Gasteiger partial charge in [0.25, 0.3) is 0 Å². The van der Waals surface area contributed by atoms with E-state index in [4.69, 9.17) is 4.74 Å². The van der Waals surface area contributed by atoms with Crippen molar-refractivity contribution < 1.29 is 27.8 Å². The van der Waals surface area contributed by atoms with Crippen LogP contribution in [0.1, 0.15) is 12.5 Å². The number of carbonyl (C=O) groups excluding carboxylic acids is 2. The molecule has 2 amide bonds. The van der Waals surface area contributed by atoms with Crippen molar-refractivity contribution in [2.24, 2.45) is 0 Å². The molecule has 136 valence electrons. The summed E-state index contributed by atoms with van der Waals surface area (Å²) < 4.78 is 38.9. The summed E-state index contributed by atoms with van der Waals surface area (Å²) >= 11 is 0. The lowest BCUT2D eigenvalue weighted by atomic mass is 10.1. The Morgan fingerprint density at radius 2 is 2.24 bits per heavy atom. The predicted molar refractivity (Wildman–Crippen MR) is 93.3 cm³/mol. The van der Waals surface area contributed by atoms with Crippen molar-refractivity contribution >= 4 is 33.9 Å². The summed E-state index contributed by atoms with van der Waals surface area (Å²) in [6.07, 6.45) is 0.530. The topological polar surface area (TPSA) is 99.1 Å². The molecule has 3 rings (SSSR count). The second-order valence-corrected chi connectivity index (χ2v) is 8.29. The molecule has 9 heteroatoms. The molecule has 1 atom stereocenters. The van der Waals surface area contributed by atoms with Gasteiger partial charge in [-0.2, -0.15) is 10.6 Å². The van der Waals surface area contributed by atoms with E-state index in [1.807, 2.05) is 0 Å². The zero-order valence-electron chi connectivity index (χ0n) is 13.6. The number of cyclic esters (lactones) is 1. The Labute approximate surface area is 145 Å². The van der Waals surface area contributed by atoms with Crippen LogP contribution in [0, 0.1) is 5.82 Å². The SMILES string of the molecule is CC(=O)NC[C@H]1CN(c2ccc(C3=CCS(O)(O)C3)c(F)c2)C(=O)O1. The molecular formula is C16H19FN2O5S. The third kappa shape index (κ3) is 3.94. The quantitative estimate of drug-likeness (QED) is 0.756. The van der Waals surface area contributed by atoms with Gasteiger partial charge in [-0.05, 0) is 23.8 Å². The van der Waals surface area contributed by atoms with Crippen LogP contribution in [-0.4, -0.2) is 51.8 Å². The highest BCUT2D eigenvalue weighted by Crippen LogP contribution is 2.48. The molecule has 0 saturated carbocycles. The summed E-state index contributed by atoms with van der Waals surface area (Å²) in [6, 6.07) is 4.33. The first-order valence-electron chi connectivity index (χ1n) is 7.70. The van der Waals surface area contributed by atoms with Gasteiger partial charge in [-0.3, -0.25) is 18.8 Å². The van der Waals surface area contributed by atoms with E-state index in [0.717, 1.165) is 0 Å². The summed E-state index contributed by atoms with van der Waals surface area (Å²) in [5.74, 6) is -0.597. The average molecular weight is 370 g/mol. The number of hydrogen-bond donors (Lipinski definition) is 3. The van der Waals surface area contributed by atoms with E-state index in [1.54, 1.807) is 12.1 Å². The van der Waals surface area contributed by atoms with Gasteiger partial charge in [-0.25, -0.2) is 9.18 Å². The van der Waals surface area contributed by atoms with Gasteiger partial charge in [0.15, 0.2) is 0 Å². The van der Waals surface area contributed by atoms with Crippen LogP contribution in [-0.2, 0) is 9.53 Å². The minimum absolute atomic E-state index is 0.0355. The van der Waals surface area contributed by atoms with Crippen LogP contribution < -0.4 is 10.2 Å². The molecule has 0 radical (unpaired) electrons. The number of nitrogens with one attached hydrogen (secondary N) is 1. The predicted octanol–water partition coefficient (Wildman–Crippen LogP) is 2.43. The van der Waals surface area contributed by atoms with Gasteiger partial charge < -0.3 is 10.1 Å². The van der Waals surface area contributed by atoms with E-state index in [9.17, 15) is 23.1 Å². The molecule has 0 spiro atoms. The molecule has 25 heavy (non-hydrogen) atoms. The third-order valence-electron chi connectivity index (χ3n) is 4.05. The summed E-state index contributed by atoms with van der Waals surface area (Å²) in [6.45, 7) is 1.78. The standard InChI is InChI=1S/C16H19FN2O5S/c1-10(20)18-7-13-8-19(16(21)24-13)12-2-3-14(15(17)6-12)11-4-5-25(22,23)9-11/h2-4,6,13,22-23H,5,7-9H2,1H3,(H,18,20)/t13-/m0/s1. The van der Waals surface area contributed by atoms with Crippen LogP contribution in [0.25, 0.3) is 5.57 Å². The van der Waals surface area contributed by atoms with Crippen LogP contribution in [0.3, 0.4) is 0 Å². The average Bonchev–Trinajstić information content (AvgIpc) is 3.07. The Morgan fingerprint density at radius 1 is 1.48 bits per heavy atom. The number of carbonyl (C=O) groups is 2. The van der Waals surface area contributed by atoms with Gasteiger partial charge in [0.2, 0.25) is 5.91 Å². The molecule has 2 aliphatic heterocycles. The molecule has 1 aromatic carbocycles. The number of halogens is 1. The fourth-order valence-electron chi connectivity index (χ4n) is 2.82. The van der Waals surface area contributed by atoms with Crippen molar-refractivity contribution in [2.45, 2.75) is 13.0 Å². The molecule has 0 unspecified atom stereocenters. The van der Waals surface area contributed by atoms with E-state index < -0.39 is 28.6 Å².